The van der Waals surface area contributed by atoms with E-state index in [4.69, 9.17) is 5.11 Å². The molecule has 2 aliphatic heterocycles. The Morgan fingerprint density at radius 1 is 1.02 bits per heavy atom. The zero-order valence-electron chi connectivity index (χ0n) is 26.1. The predicted molar refractivity (Wildman–Crippen MR) is 179 cm³/mol. The summed E-state index contributed by atoms with van der Waals surface area (Å²) in [6, 6.07) is 22.9. The molecule has 2 aliphatic rings. The molecule has 0 saturated carbocycles. The number of hydrogen-bond donors (Lipinski definition) is 2. The van der Waals surface area contributed by atoms with Crippen LogP contribution in [0.25, 0.3) is 10.8 Å². The average molecular weight is 645 g/mol. The number of aliphatic hydroxyl groups is 2. The highest BCUT2D eigenvalue weighted by molar-refractivity contribution is 6.27. The van der Waals surface area contributed by atoms with E-state index in [1.807, 2.05) is 66.7 Å². The summed E-state index contributed by atoms with van der Waals surface area (Å²) in [5.41, 5.74) is 1.88. The van der Waals surface area contributed by atoms with Crippen LogP contribution in [0.4, 0.5) is 22.7 Å². The van der Waals surface area contributed by atoms with Crippen molar-refractivity contribution in [3.05, 3.63) is 130 Å². The third-order valence-electron chi connectivity index (χ3n) is 9.12. The van der Waals surface area contributed by atoms with Crippen LogP contribution in [-0.2, 0) is 29.9 Å². The first-order valence-corrected chi connectivity index (χ1v) is 15.7. The summed E-state index contributed by atoms with van der Waals surface area (Å²) in [4.78, 5) is 41.7. The standard InChI is InChI=1S/C36H32N6O6/c1-23(6-2-3-18-39-22-26(17-19-43)37-38-39)36(46)30-20-28(42(47)48)15-16-31(30)40(35(36)45)21-24-11-13-27(14-12-24)41-32-10-5-8-25-7-4-9-29(33(25)32)34(41)44/h2,4-16,20,22-23,43,46H,3,17-19,21H2,1H3/b6-2+/t23-,36+/m1/s1. The van der Waals surface area contributed by atoms with Gasteiger partial charge >= 0.3 is 0 Å². The number of non-ortho nitro benzene ring substituents is 1. The summed E-state index contributed by atoms with van der Waals surface area (Å²) in [5, 5.41) is 42.7. The van der Waals surface area contributed by atoms with Crippen molar-refractivity contribution < 1.29 is 24.7 Å². The predicted octanol–water partition coefficient (Wildman–Crippen LogP) is 5.18. The van der Waals surface area contributed by atoms with Gasteiger partial charge in [-0.15, -0.1) is 5.10 Å². The van der Waals surface area contributed by atoms with E-state index in [-0.39, 0.29) is 30.3 Å². The number of nitrogens with zero attached hydrogens (tertiary/aromatic N) is 6. The molecule has 5 aromatic rings. The molecule has 48 heavy (non-hydrogen) atoms. The maximum Gasteiger partial charge on any atom is 0.269 e. The van der Waals surface area contributed by atoms with Gasteiger partial charge in [-0.2, -0.15) is 0 Å². The van der Waals surface area contributed by atoms with E-state index in [2.05, 4.69) is 10.3 Å². The second-order valence-electron chi connectivity index (χ2n) is 12.1. The van der Waals surface area contributed by atoms with Gasteiger partial charge in [0.25, 0.3) is 17.5 Å². The van der Waals surface area contributed by atoms with Crippen LogP contribution in [0.5, 0.6) is 0 Å². The number of aryl methyl sites for hydroxylation is 1. The molecular weight excluding hydrogens is 612 g/mol. The molecule has 0 radical (unpaired) electrons. The Hall–Kier alpha value is -5.72. The number of benzene rings is 4. The van der Waals surface area contributed by atoms with Crippen molar-refractivity contribution >= 4 is 45.3 Å². The molecule has 0 spiro atoms. The first-order chi connectivity index (χ1) is 23.2. The van der Waals surface area contributed by atoms with E-state index in [1.165, 1.54) is 23.1 Å². The average Bonchev–Trinajstić information content (AvgIpc) is 3.73. The van der Waals surface area contributed by atoms with Crippen LogP contribution in [0, 0.1) is 16.0 Å². The van der Waals surface area contributed by atoms with E-state index in [0.717, 1.165) is 22.0 Å². The molecule has 12 nitrogen and oxygen atoms in total. The number of aliphatic hydroxyl groups excluding tert-OH is 1. The Labute approximate surface area is 275 Å². The SMILES string of the molecule is C[C@H](/C=C/CCn1cc(CCO)nn1)[C@@]1(O)C(=O)N(Cc2ccc(N3C(=O)c4cccc5cccc3c45)cc2)c2ccc([N+](=O)[O-])cc21. The first kappa shape index (κ1) is 30.9. The molecule has 4 aromatic carbocycles. The smallest absolute Gasteiger partial charge is 0.269 e. The number of nitro benzene ring substituents is 1. The van der Waals surface area contributed by atoms with Crippen LogP contribution in [-0.4, -0.2) is 48.6 Å². The number of nitro groups is 1. The number of rotatable bonds is 11. The molecule has 0 saturated heterocycles. The lowest BCUT2D eigenvalue weighted by Gasteiger charge is -2.27. The molecule has 2 amide bonds. The minimum absolute atomic E-state index is 0.0172. The van der Waals surface area contributed by atoms with Crippen LogP contribution < -0.4 is 9.80 Å². The molecule has 2 N–H and O–H groups in total. The summed E-state index contributed by atoms with van der Waals surface area (Å²) in [6.45, 7) is 2.30. The first-order valence-electron chi connectivity index (χ1n) is 15.7. The second-order valence-corrected chi connectivity index (χ2v) is 12.1. The number of aromatic nitrogens is 3. The van der Waals surface area contributed by atoms with E-state index in [0.29, 0.717) is 42.0 Å². The van der Waals surface area contributed by atoms with Gasteiger partial charge in [-0.3, -0.25) is 29.3 Å². The topological polar surface area (TPSA) is 155 Å². The lowest BCUT2D eigenvalue weighted by molar-refractivity contribution is -0.385. The molecule has 0 fully saturated rings. The Morgan fingerprint density at radius 2 is 1.79 bits per heavy atom. The third-order valence-corrected chi connectivity index (χ3v) is 9.12. The Morgan fingerprint density at radius 3 is 2.54 bits per heavy atom. The van der Waals surface area contributed by atoms with E-state index in [9.17, 15) is 24.8 Å². The van der Waals surface area contributed by atoms with Gasteiger partial charge in [0.05, 0.1) is 34.1 Å². The van der Waals surface area contributed by atoms with Crippen molar-refractivity contribution in [2.24, 2.45) is 5.92 Å². The van der Waals surface area contributed by atoms with Crippen molar-refractivity contribution in [1.82, 2.24) is 15.0 Å². The molecule has 0 unspecified atom stereocenters. The van der Waals surface area contributed by atoms with Crippen LogP contribution in [0.15, 0.2) is 97.2 Å². The number of carbonyl (C=O) groups is 2. The number of anilines is 3. The molecule has 2 atom stereocenters. The maximum atomic E-state index is 14.1. The molecule has 242 valence electrons. The maximum absolute atomic E-state index is 14.1. The largest absolute Gasteiger partial charge is 0.396 e. The highest BCUT2D eigenvalue weighted by Gasteiger charge is 2.53. The summed E-state index contributed by atoms with van der Waals surface area (Å²) >= 11 is 0. The lowest BCUT2D eigenvalue weighted by Crippen LogP contribution is -2.44. The van der Waals surface area contributed by atoms with Crippen LogP contribution in [0.1, 0.15) is 40.5 Å². The molecule has 0 bridgehead atoms. The Bertz CT molecular complexity index is 2100. The van der Waals surface area contributed by atoms with E-state index in [1.54, 1.807) is 28.8 Å². The highest BCUT2D eigenvalue weighted by atomic mass is 16.6. The molecule has 0 aliphatic carbocycles. The number of fused-ring (bicyclic) bond motifs is 1. The fourth-order valence-electron chi connectivity index (χ4n) is 6.63. The normalized spacial score (nSPS) is 17.6. The summed E-state index contributed by atoms with van der Waals surface area (Å²) in [6.07, 6.45) is 6.27. The number of hydrogen-bond acceptors (Lipinski definition) is 8. The summed E-state index contributed by atoms with van der Waals surface area (Å²) < 4.78 is 1.65. The minimum Gasteiger partial charge on any atom is -0.396 e. The Balaban J connectivity index is 1.12. The van der Waals surface area contributed by atoms with Gasteiger partial charge < -0.3 is 15.1 Å². The quantitative estimate of drug-likeness (QED) is 0.113. The van der Waals surface area contributed by atoms with Crippen molar-refractivity contribution in [3.8, 4) is 0 Å². The zero-order chi connectivity index (χ0) is 33.6. The van der Waals surface area contributed by atoms with Crippen LogP contribution >= 0.6 is 0 Å². The van der Waals surface area contributed by atoms with Crippen LogP contribution in [0.3, 0.4) is 0 Å². The third kappa shape index (κ3) is 5.11. The molecular formula is C36H32N6O6. The van der Waals surface area contributed by atoms with Gasteiger partial charge in [-0.1, -0.05) is 60.7 Å². The number of allylic oxidation sites excluding steroid dienone is 1. The molecule has 12 heteroatoms. The van der Waals surface area contributed by atoms with Gasteiger partial charge in [0, 0.05) is 60.5 Å². The number of amides is 2. The lowest BCUT2D eigenvalue weighted by atomic mass is 9.82. The van der Waals surface area contributed by atoms with E-state index < -0.39 is 22.3 Å². The summed E-state index contributed by atoms with van der Waals surface area (Å²) in [5.74, 6) is -1.41. The van der Waals surface area contributed by atoms with E-state index >= 15 is 0 Å². The minimum atomic E-state index is -2.04. The summed E-state index contributed by atoms with van der Waals surface area (Å²) in [7, 11) is 0. The van der Waals surface area contributed by atoms with Gasteiger partial charge in [0.2, 0.25) is 0 Å². The van der Waals surface area contributed by atoms with Crippen molar-refractivity contribution in [3.63, 3.8) is 0 Å². The molecule has 7 rings (SSSR count). The second kappa shape index (κ2) is 12.1. The van der Waals surface area contributed by atoms with Gasteiger partial charge in [-0.25, -0.2) is 0 Å². The zero-order valence-corrected chi connectivity index (χ0v) is 26.1. The fourth-order valence-corrected chi connectivity index (χ4v) is 6.63. The monoisotopic (exact) mass is 644 g/mol. The van der Waals surface area contributed by atoms with Crippen molar-refractivity contribution in [2.45, 2.75) is 38.5 Å². The van der Waals surface area contributed by atoms with Gasteiger partial charge in [0.1, 0.15) is 0 Å². The number of carbonyl (C=O) groups excluding carboxylic acids is 2. The fraction of sp³-hybridized carbons (Fsp3) is 0.222. The van der Waals surface area contributed by atoms with Crippen LogP contribution in [0.2, 0.25) is 0 Å². The molecule has 3 heterocycles. The van der Waals surface area contributed by atoms with Gasteiger partial charge in [-0.05, 0) is 47.7 Å². The van der Waals surface area contributed by atoms with Crippen molar-refractivity contribution in [2.75, 3.05) is 16.4 Å². The van der Waals surface area contributed by atoms with Gasteiger partial charge in [0.15, 0.2) is 5.60 Å². The Kier molecular flexibility index (Phi) is 7.82. The van der Waals surface area contributed by atoms with Crippen molar-refractivity contribution in [1.29, 1.82) is 0 Å². The highest BCUT2D eigenvalue weighted by Crippen LogP contribution is 2.47. The molecule has 1 aromatic heterocycles.